The second kappa shape index (κ2) is 52.9. The lowest BCUT2D eigenvalue weighted by atomic mass is 10.0. The maximum atomic E-state index is 14.3. The number of nitrogens with one attached hydrogen (secondary N) is 12. The summed E-state index contributed by atoms with van der Waals surface area (Å²) in [5, 5.41) is 35.3. The molecule has 6 atom stereocenters. The zero-order valence-electron chi connectivity index (χ0n) is 56.7. The summed E-state index contributed by atoms with van der Waals surface area (Å²) >= 11 is 0. The van der Waals surface area contributed by atoms with Crippen LogP contribution in [0.5, 0.6) is 0 Å². The van der Waals surface area contributed by atoms with Crippen LogP contribution in [-0.2, 0) is 67.0 Å². The van der Waals surface area contributed by atoms with Crippen molar-refractivity contribution in [2.45, 2.75) is 212 Å². The van der Waals surface area contributed by atoms with Crippen LogP contribution in [0.1, 0.15) is 170 Å². The molecule has 30 nitrogen and oxygen atoms in total. The molecular formula is C66H128N16O14. The molecule has 30 heteroatoms. The van der Waals surface area contributed by atoms with E-state index in [1.807, 2.05) is 21.1 Å². The van der Waals surface area contributed by atoms with Gasteiger partial charge in [0.25, 0.3) is 0 Å². The van der Waals surface area contributed by atoms with Gasteiger partial charge in [0, 0.05) is 116 Å². The number of ether oxygens (including phenoxy) is 3. The molecule has 4 heterocycles. The van der Waals surface area contributed by atoms with E-state index in [0.29, 0.717) is 84.4 Å². The Balaban J connectivity index is 0.00000188. The van der Waals surface area contributed by atoms with Crippen LogP contribution in [0.25, 0.3) is 0 Å². The first kappa shape index (κ1) is 89.8. The van der Waals surface area contributed by atoms with Crippen LogP contribution in [0.2, 0.25) is 0 Å². The minimum Gasteiger partial charge on any atom is -0.379 e. The Morgan fingerprint density at radius 2 is 0.729 bits per heavy atom. The predicted molar refractivity (Wildman–Crippen MR) is 371 cm³/mol. The number of fused-ring (bicyclic) bond motifs is 3. The van der Waals surface area contributed by atoms with E-state index in [1.54, 1.807) is 35.7 Å². The number of nitrogens with zero attached hydrogens (tertiary/aromatic N) is 3. The van der Waals surface area contributed by atoms with Crippen molar-refractivity contribution in [3.63, 3.8) is 0 Å². The number of amides is 11. The molecule has 0 radical (unpaired) electrons. The zero-order chi connectivity index (χ0) is 68.2. The summed E-state index contributed by atoms with van der Waals surface area (Å²) in [6.07, 6.45) is 12.9. The van der Waals surface area contributed by atoms with Gasteiger partial charge in [0.15, 0.2) is 0 Å². The molecule has 0 spiro atoms. The molecule has 4 aliphatic heterocycles. The van der Waals surface area contributed by atoms with E-state index in [2.05, 4.69) is 63.8 Å². The molecule has 0 bridgehead atoms. The van der Waals surface area contributed by atoms with Crippen LogP contribution in [0.15, 0.2) is 0 Å². The van der Waals surface area contributed by atoms with Gasteiger partial charge >= 0.3 is 0 Å². The maximum absolute atomic E-state index is 14.3. The molecule has 4 rings (SSSR count). The Morgan fingerprint density at radius 1 is 0.406 bits per heavy atom. The fourth-order valence-electron chi connectivity index (χ4n) is 11.6. The van der Waals surface area contributed by atoms with Crippen molar-refractivity contribution in [3.8, 4) is 0 Å². The van der Waals surface area contributed by atoms with Gasteiger partial charge in [-0.1, -0.05) is 54.9 Å². The summed E-state index contributed by atoms with van der Waals surface area (Å²) in [5.74, 6) is -2.54. The first-order chi connectivity index (χ1) is 44.8. The minimum atomic E-state index is -1.08. The number of likely N-dealkylation sites (N-methyl/N-ethyl adjacent to an activating group) is 2. The first-order valence-corrected chi connectivity index (χ1v) is 34.0. The molecule has 4 aliphatic rings. The highest BCUT2D eigenvalue weighted by atomic mass is 16.5. The summed E-state index contributed by atoms with van der Waals surface area (Å²) in [6.45, 7) is 7.86. The maximum Gasteiger partial charge on any atom is 0.246 e. The molecular weight excluding hydrogens is 1240 g/mol. The molecule has 96 heavy (non-hydrogen) atoms. The molecule has 0 aliphatic carbocycles. The van der Waals surface area contributed by atoms with E-state index in [9.17, 15) is 52.7 Å². The summed E-state index contributed by atoms with van der Waals surface area (Å²) in [4.78, 5) is 145. The molecule has 4 saturated heterocycles. The lowest BCUT2D eigenvalue weighted by Crippen LogP contribution is -2.58. The highest BCUT2D eigenvalue weighted by Gasteiger charge is 2.54. The zero-order valence-corrected chi connectivity index (χ0v) is 56.7. The molecule has 0 aromatic rings. The van der Waals surface area contributed by atoms with Crippen LogP contribution in [0.4, 0.5) is 0 Å². The minimum absolute atomic E-state index is 0. The van der Waals surface area contributed by atoms with Gasteiger partial charge in [-0.15, -0.1) is 0 Å². The standard InChI is InChI=1S/C37H65N9O6.C26H51N7O8.3CH4/c1-38-17-11-5-4-8-14-32(47)41-26-20-29-35(50)45-24-28(43-34(49)16-10-7-13-19-40-3)22-31(45)37(52)46-25-27(21-30(46)36(51)44(29)23-26)42-33(48)15-9-6-12-18-39-2;1-4-22(35)30-10-5-13-39-18-26(33-23(36)9-8-21(27)34,19-40-14-6-11-31-24(37)16-28-2)20-41-15-7-12-32-25(38)17-29-3;;;/h26-31,38-40H,4-25H2,1-3H3,(H,41,47)(H,42,48)(H,43,49);28-29H,4-20H2,1-3H3,(H2,27,34)(H,30,35)(H,31,37)(H,32,38)(H,33,36);3*1H4/t26?,27?,28?,29-,30-,31-;;;;/m0..../s1. The van der Waals surface area contributed by atoms with E-state index in [1.165, 1.54) is 0 Å². The highest BCUT2D eigenvalue weighted by molar-refractivity contribution is 5.99. The number of rotatable bonds is 49. The number of primary amides is 1. The molecule has 556 valence electrons. The van der Waals surface area contributed by atoms with E-state index >= 15 is 0 Å². The Hall–Kier alpha value is -6.15. The molecule has 3 unspecified atom stereocenters. The number of unbranched alkanes of at least 4 members (excludes halogenated alkanes) is 7. The largest absolute Gasteiger partial charge is 0.379 e. The summed E-state index contributed by atoms with van der Waals surface area (Å²) in [5.41, 5.74) is 4.13. The average molecular weight is 1370 g/mol. The SMILES string of the molecule is C.C.C.CCC(=O)NCCCOCC(COCCCNC(=O)CNC)(COCCCNC(=O)CNC)NC(=O)CCC(N)=O.CNCCCCCCC(=O)NC1C[C@H]2C(=O)N3CC(NC(=O)CCCCCNC)C[C@H]3C(=O)N3CC(NC(=O)CCCCCNC)C[C@H]3C(=O)N2C1. The fourth-order valence-corrected chi connectivity index (χ4v) is 11.6. The third-order valence-electron chi connectivity index (χ3n) is 16.4. The lowest BCUT2D eigenvalue weighted by molar-refractivity contribution is -0.144. The predicted octanol–water partition coefficient (Wildman–Crippen LogP) is -0.581. The van der Waals surface area contributed by atoms with Crippen molar-refractivity contribution >= 4 is 65.0 Å². The lowest BCUT2D eigenvalue weighted by Gasteiger charge is -2.34. The Morgan fingerprint density at radius 3 is 1.04 bits per heavy atom. The van der Waals surface area contributed by atoms with Crippen molar-refractivity contribution < 1.29 is 67.0 Å². The van der Waals surface area contributed by atoms with E-state index in [0.717, 1.165) is 83.8 Å². The molecule has 11 amide bonds. The van der Waals surface area contributed by atoms with Crippen LogP contribution >= 0.6 is 0 Å². The highest BCUT2D eigenvalue weighted by Crippen LogP contribution is 2.33. The quantitative estimate of drug-likeness (QED) is 0.0339. The van der Waals surface area contributed by atoms with Gasteiger partial charge in [0.1, 0.15) is 23.7 Å². The van der Waals surface area contributed by atoms with Gasteiger partial charge < -0.3 is 98.4 Å². The Kier molecular flexibility index (Phi) is 49.5. The van der Waals surface area contributed by atoms with Gasteiger partial charge in [-0.25, -0.2) is 0 Å². The summed E-state index contributed by atoms with van der Waals surface area (Å²) in [7, 11) is 9.10. The van der Waals surface area contributed by atoms with Crippen molar-refractivity contribution in [2.24, 2.45) is 5.73 Å². The summed E-state index contributed by atoms with van der Waals surface area (Å²) in [6, 6.07) is -3.67. The Bertz CT molecular complexity index is 2190. The molecule has 14 N–H and O–H groups in total. The third kappa shape index (κ3) is 35.9. The first-order valence-electron chi connectivity index (χ1n) is 34.0. The van der Waals surface area contributed by atoms with Gasteiger partial charge in [0.05, 0.1) is 32.9 Å². The number of nitrogens with two attached hydrogens (primary N) is 1. The van der Waals surface area contributed by atoms with E-state index in [-0.39, 0.29) is 160 Å². The third-order valence-corrected chi connectivity index (χ3v) is 16.4. The van der Waals surface area contributed by atoms with Gasteiger partial charge in [-0.3, -0.25) is 52.7 Å². The van der Waals surface area contributed by atoms with Gasteiger partial charge in [0.2, 0.25) is 65.0 Å². The molecule has 0 aromatic carbocycles. The van der Waals surface area contributed by atoms with Crippen LogP contribution in [0.3, 0.4) is 0 Å². The van der Waals surface area contributed by atoms with Gasteiger partial charge in [-0.05, 0) is 132 Å². The van der Waals surface area contributed by atoms with Crippen molar-refractivity contribution in [1.82, 2.24) is 78.5 Å². The Labute approximate surface area is 573 Å². The fraction of sp³-hybridized carbons (Fsp3) is 0.833. The molecule has 4 fully saturated rings. The second-order valence-corrected chi connectivity index (χ2v) is 24.6. The van der Waals surface area contributed by atoms with E-state index < -0.39 is 53.6 Å². The smallest absolute Gasteiger partial charge is 0.246 e. The molecule has 0 saturated carbocycles. The van der Waals surface area contributed by atoms with E-state index in [4.69, 9.17) is 19.9 Å². The van der Waals surface area contributed by atoms with Crippen molar-refractivity contribution in [3.05, 3.63) is 0 Å². The monoisotopic (exact) mass is 1370 g/mol. The number of carbonyl (C=O) groups is 11. The number of carbonyl (C=O) groups excluding carboxylic acids is 11. The normalized spacial score (nSPS) is 18.6. The summed E-state index contributed by atoms with van der Waals surface area (Å²) < 4.78 is 17.6. The average Bonchev–Trinajstić information content (AvgIpc) is 1.60. The van der Waals surface area contributed by atoms with Crippen molar-refractivity contribution in [2.75, 3.05) is 147 Å². The van der Waals surface area contributed by atoms with Crippen molar-refractivity contribution in [1.29, 1.82) is 0 Å². The second-order valence-electron chi connectivity index (χ2n) is 24.6. The molecule has 0 aromatic heterocycles. The van der Waals surface area contributed by atoms with Crippen LogP contribution < -0.4 is 69.5 Å². The van der Waals surface area contributed by atoms with Crippen LogP contribution in [0, 0.1) is 0 Å². The number of hydrogen-bond acceptors (Lipinski definition) is 19. The number of hydrogen-bond donors (Lipinski definition) is 13. The van der Waals surface area contributed by atoms with Crippen LogP contribution in [-0.4, -0.2) is 268 Å². The topological polar surface area (TPSA) is 396 Å². The van der Waals surface area contributed by atoms with Gasteiger partial charge in [-0.2, -0.15) is 0 Å².